The molecule has 3 fully saturated rings. The summed E-state index contributed by atoms with van der Waals surface area (Å²) in [5.41, 5.74) is 17.5. The summed E-state index contributed by atoms with van der Waals surface area (Å²) in [7, 11) is 1.35. The minimum Gasteiger partial charge on any atom is -0.478 e. The van der Waals surface area contributed by atoms with Crippen LogP contribution in [0.25, 0.3) is 88.7 Å². The minimum atomic E-state index is -2.57. The number of aryl methyl sites for hydroxylation is 6. The lowest BCUT2D eigenvalue weighted by molar-refractivity contribution is -0.0477. The van der Waals surface area contributed by atoms with Crippen LogP contribution in [0.2, 0.25) is 0 Å². The summed E-state index contributed by atoms with van der Waals surface area (Å²) in [5.74, 6) is -6.19. The van der Waals surface area contributed by atoms with E-state index in [1.807, 2.05) is 84.5 Å². The first kappa shape index (κ1) is 66.4. The van der Waals surface area contributed by atoms with E-state index in [4.69, 9.17) is 28.3 Å². The van der Waals surface area contributed by atoms with Gasteiger partial charge < -0.3 is 37.1 Å². The van der Waals surface area contributed by atoms with Gasteiger partial charge in [0.05, 0.1) is 66.5 Å². The second kappa shape index (κ2) is 26.9. The summed E-state index contributed by atoms with van der Waals surface area (Å²) in [6, 6.07) is 20.1. The molecule has 0 atom stereocenters. The molecule has 496 valence electrons. The molecule has 14 rings (SSSR count). The molecule has 2 aromatic carbocycles. The Hall–Kier alpha value is -8.61. The number of nitrogens with zero attached hydrogens (tertiary/aromatic N) is 9. The molecule has 0 radical (unpaired) electrons. The third kappa shape index (κ3) is 14.4. The van der Waals surface area contributed by atoms with E-state index in [2.05, 4.69) is 75.1 Å². The number of esters is 1. The molecular formula is C72H72F6IN9O7. The molecular weight excluding hydrogens is 1340 g/mol. The fourth-order valence-corrected chi connectivity index (χ4v) is 14.6. The number of carboxylic acid groups (broad SMARTS) is 1. The van der Waals surface area contributed by atoms with Gasteiger partial charge >= 0.3 is 11.9 Å². The van der Waals surface area contributed by atoms with Gasteiger partial charge in [-0.15, -0.1) is 0 Å². The summed E-state index contributed by atoms with van der Waals surface area (Å²) in [6.45, 7) is 13.3. The molecule has 95 heavy (non-hydrogen) atoms. The Morgan fingerprint density at radius 1 is 0.495 bits per heavy atom. The van der Waals surface area contributed by atoms with Gasteiger partial charge in [-0.1, -0.05) is 39.7 Å². The number of benzene rings is 2. The first-order valence-electron chi connectivity index (χ1n) is 31.9. The maximum Gasteiger partial charge on any atom is 0.337 e. The highest BCUT2D eigenvalue weighted by Gasteiger charge is 2.38. The van der Waals surface area contributed by atoms with Crippen molar-refractivity contribution in [1.29, 1.82) is 0 Å². The molecule has 1 N–H and O–H groups in total. The van der Waals surface area contributed by atoms with Crippen molar-refractivity contribution in [3.63, 3.8) is 0 Å². The highest BCUT2D eigenvalue weighted by Crippen LogP contribution is 2.43. The number of rotatable bonds is 13. The Morgan fingerprint density at radius 3 is 1.13 bits per heavy atom. The number of ether oxygens (including phenoxy) is 1. The number of carbonyl (C=O) groups is 2. The van der Waals surface area contributed by atoms with Crippen molar-refractivity contribution >= 4 is 67.6 Å². The van der Waals surface area contributed by atoms with E-state index in [0.29, 0.717) is 62.9 Å². The van der Waals surface area contributed by atoms with Crippen molar-refractivity contribution in [2.75, 3.05) is 7.11 Å². The number of pyridine rings is 3. The molecule has 9 aromatic heterocycles. The van der Waals surface area contributed by atoms with Crippen LogP contribution in [-0.2, 0) is 24.4 Å². The Balaban J connectivity index is 0.000000138. The first-order chi connectivity index (χ1) is 45.3. The maximum absolute atomic E-state index is 13.7. The summed E-state index contributed by atoms with van der Waals surface area (Å²) in [5, 5.41) is 21.4. The van der Waals surface area contributed by atoms with Crippen LogP contribution in [0.3, 0.4) is 0 Å². The third-order valence-electron chi connectivity index (χ3n) is 19.0. The molecule has 16 nitrogen and oxygen atoms in total. The van der Waals surface area contributed by atoms with E-state index in [-0.39, 0.29) is 61.8 Å². The quantitative estimate of drug-likeness (QED) is 0.0651. The largest absolute Gasteiger partial charge is 0.478 e. The third-order valence-corrected chi connectivity index (χ3v) is 19.8. The lowest BCUT2D eigenvalue weighted by atomic mass is 9.87. The second-order valence-electron chi connectivity index (χ2n) is 25.7. The number of carbonyl (C=O) groups excluding carboxylic acids is 1. The van der Waals surface area contributed by atoms with Gasteiger partial charge in [-0.2, -0.15) is 0 Å². The summed E-state index contributed by atoms with van der Waals surface area (Å²) >= 11 is 2.28. The topological polar surface area (TPSA) is 195 Å². The standard InChI is InChI=1S/C27H27F2N3O3.C26H25F2N3O3.C19H20F2IN3O/c1-16-24(17(2)35-31-16)21-12-23-25(30-13-21)22(19-4-6-20(7-5-19)26(33)34-3)15-32(23)14-18-8-10-27(28,29)11-9-18;1-15-23(16(2)34-30-15)20-11-22-24(29-12-20)21(18-3-5-19(6-4-18)25(32)33)14-31(22)13-17-7-9-26(27,28)10-8-17;1-11-17(12(2)26-24-11)14-7-16-18(23-8-14)15(22)10-25(16)9-13-3-5-19(20,21)6-4-13/h4-7,12-13,15,18H,8-11,14H2,1-3H3;3-6,11-12,14,17H,7-10,13H2,1-2H3,(H,32,33);7-8,10,13H,3-6,9H2,1-2H3. The van der Waals surface area contributed by atoms with Gasteiger partial charge in [-0.3, -0.25) is 15.0 Å². The van der Waals surface area contributed by atoms with Crippen molar-refractivity contribution < 1.29 is 59.3 Å². The fraction of sp³-hybridized carbons (Fsp3) is 0.389. The smallest absolute Gasteiger partial charge is 0.337 e. The van der Waals surface area contributed by atoms with Crippen LogP contribution in [-0.4, -0.2) is 86.0 Å². The number of fused-ring (bicyclic) bond motifs is 3. The van der Waals surface area contributed by atoms with Gasteiger partial charge in [0.15, 0.2) is 0 Å². The average molecular weight is 1420 g/mol. The Labute approximate surface area is 557 Å². The Bertz CT molecular complexity index is 4550. The van der Waals surface area contributed by atoms with Gasteiger partial charge in [0.2, 0.25) is 17.8 Å². The van der Waals surface area contributed by atoms with Crippen molar-refractivity contribution in [2.24, 2.45) is 17.8 Å². The lowest BCUT2D eigenvalue weighted by Gasteiger charge is -2.28. The number of aromatic carboxylic acids is 1. The zero-order valence-electron chi connectivity index (χ0n) is 53.7. The summed E-state index contributed by atoms with van der Waals surface area (Å²) in [4.78, 5) is 37.3. The molecule has 11 aromatic rings. The zero-order chi connectivity index (χ0) is 67.3. The van der Waals surface area contributed by atoms with E-state index in [9.17, 15) is 41.0 Å². The monoisotopic (exact) mass is 1420 g/mol. The second-order valence-corrected chi connectivity index (χ2v) is 26.9. The molecule has 3 aliphatic carbocycles. The normalized spacial score (nSPS) is 16.6. The summed E-state index contributed by atoms with van der Waals surface area (Å²) < 4.78 is 110. The number of hydrogen-bond acceptors (Lipinski definition) is 12. The predicted molar refractivity (Wildman–Crippen MR) is 357 cm³/mol. The zero-order valence-corrected chi connectivity index (χ0v) is 55.9. The van der Waals surface area contributed by atoms with Crippen molar-refractivity contribution in [1.82, 2.24) is 44.1 Å². The van der Waals surface area contributed by atoms with Gasteiger partial charge in [-0.25, -0.2) is 35.9 Å². The van der Waals surface area contributed by atoms with E-state index < -0.39 is 29.7 Å². The van der Waals surface area contributed by atoms with Crippen LogP contribution in [0.4, 0.5) is 26.3 Å². The molecule has 23 heteroatoms. The van der Waals surface area contributed by atoms with Crippen molar-refractivity contribution in [3.05, 3.63) is 153 Å². The number of methoxy groups -OCH3 is 1. The Kier molecular flexibility index (Phi) is 18.8. The van der Waals surface area contributed by atoms with Gasteiger partial charge in [-0.05, 0) is 174 Å². The number of alkyl halides is 6. The average Bonchev–Trinajstić information content (AvgIpc) is 1.64. The van der Waals surface area contributed by atoms with E-state index in [0.717, 1.165) is 127 Å². The number of hydrogen-bond donors (Lipinski definition) is 1. The molecule has 0 amide bonds. The van der Waals surface area contributed by atoms with E-state index in [1.165, 1.54) is 7.11 Å². The van der Waals surface area contributed by atoms with Gasteiger partial charge in [0.25, 0.3) is 0 Å². The lowest BCUT2D eigenvalue weighted by Crippen LogP contribution is -2.26. The van der Waals surface area contributed by atoms with Crippen molar-refractivity contribution in [3.8, 4) is 55.6 Å². The molecule has 0 aliphatic heterocycles. The number of halogens is 7. The highest BCUT2D eigenvalue weighted by molar-refractivity contribution is 14.1. The maximum atomic E-state index is 13.7. The fourth-order valence-electron chi connectivity index (χ4n) is 13.8. The number of aromatic nitrogens is 9. The molecule has 3 aliphatic rings. The van der Waals surface area contributed by atoms with Crippen LogP contribution in [0.5, 0.6) is 0 Å². The molecule has 0 unspecified atom stereocenters. The van der Waals surface area contributed by atoms with Crippen LogP contribution < -0.4 is 0 Å². The number of carboxylic acids is 1. The minimum absolute atomic E-state index is 0.00343. The predicted octanol–water partition coefficient (Wildman–Crippen LogP) is 18.8. The SMILES string of the molecule is COC(=O)c1ccc(-c2cn(CC3CCC(F)(F)CC3)c3cc(-c4c(C)noc4C)cnc23)cc1.Cc1noc(C)c1-c1cnc2c(-c3ccc(C(=O)O)cc3)cn(CC3CCC(F)(F)CC3)c2c1.Cc1noc(C)c1-c1cnc2c(I)cn(CC3CCC(F)(F)CC3)c2c1. The summed E-state index contributed by atoms with van der Waals surface area (Å²) in [6.07, 6.45) is 14.3. The van der Waals surface area contributed by atoms with Crippen LogP contribution in [0.15, 0.2) is 117 Å². The van der Waals surface area contributed by atoms with Gasteiger partial charge in [0, 0.05) is 140 Å². The molecule has 0 saturated heterocycles. The Morgan fingerprint density at radius 2 is 0.811 bits per heavy atom. The molecule has 0 spiro atoms. The van der Waals surface area contributed by atoms with Crippen molar-refractivity contribution in [2.45, 2.75) is 156 Å². The van der Waals surface area contributed by atoms with Gasteiger partial charge in [0.1, 0.15) is 22.8 Å². The molecule has 9 heterocycles. The van der Waals surface area contributed by atoms with Crippen LogP contribution in [0.1, 0.15) is 132 Å². The first-order valence-corrected chi connectivity index (χ1v) is 33.0. The van der Waals surface area contributed by atoms with Crippen LogP contribution in [0, 0.1) is 62.9 Å². The molecule has 0 bridgehead atoms. The van der Waals surface area contributed by atoms with Crippen LogP contribution >= 0.6 is 22.6 Å². The molecule has 3 saturated carbocycles. The highest BCUT2D eigenvalue weighted by atomic mass is 127. The van der Waals surface area contributed by atoms with E-state index in [1.54, 1.807) is 42.6 Å². The van der Waals surface area contributed by atoms with E-state index >= 15 is 0 Å².